The van der Waals surface area contributed by atoms with Crippen molar-refractivity contribution in [3.63, 3.8) is 0 Å². The van der Waals surface area contributed by atoms with Crippen molar-refractivity contribution in [1.82, 2.24) is 0 Å². The van der Waals surface area contributed by atoms with Crippen molar-refractivity contribution in [3.8, 4) is 0 Å². The molecule has 1 aliphatic rings. The summed E-state index contributed by atoms with van der Waals surface area (Å²) in [5.41, 5.74) is 5.42. The topological polar surface area (TPSA) is 26.0 Å². The van der Waals surface area contributed by atoms with Crippen LogP contribution in [0.5, 0.6) is 0 Å². The molecular formula is C8H15N. The highest BCUT2D eigenvalue weighted by Crippen LogP contribution is 2.24. The van der Waals surface area contributed by atoms with Crippen LogP contribution in [0.15, 0.2) is 12.2 Å². The van der Waals surface area contributed by atoms with Crippen LogP contribution in [0.2, 0.25) is 0 Å². The largest absolute Gasteiger partial charge is 0.330 e. The van der Waals surface area contributed by atoms with Gasteiger partial charge in [0.1, 0.15) is 0 Å². The minimum atomic E-state index is 0.782. The van der Waals surface area contributed by atoms with Crippen LogP contribution in [0.25, 0.3) is 0 Å². The minimum Gasteiger partial charge on any atom is -0.330 e. The highest BCUT2D eigenvalue weighted by atomic mass is 14.5. The maximum Gasteiger partial charge on any atom is -0.00717 e. The lowest BCUT2D eigenvalue weighted by atomic mass is 10.0. The molecule has 0 bridgehead atoms. The van der Waals surface area contributed by atoms with E-state index in [0.29, 0.717) is 0 Å². The number of allylic oxidation sites excluding steroid dienone is 2. The SMILES string of the molecule is CC1C=CC(CCN)C1. The zero-order valence-corrected chi connectivity index (χ0v) is 6.01. The van der Waals surface area contributed by atoms with E-state index in [1.54, 1.807) is 0 Å². The predicted molar refractivity (Wildman–Crippen MR) is 40.1 cm³/mol. The van der Waals surface area contributed by atoms with Crippen molar-refractivity contribution in [2.75, 3.05) is 6.54 Å². The van der Waals surface area contributed by atoms with E-state index < -0.39 is 0 Å². The average Bonchev–Trinajstić information content (AvgIpc) is 2.17. The number of rotatable bonds is 2. The van der Waals surface area contributed by atoms with Gasteiger partial charge in [0.25, 0.3) is 0 Å². The molecule has 1 aliphatic carbocycles. The smallest absolute Gasteiger partial charge is 0.00717 e. The first-order valence-electron chi connectivity index (χ1n) is 3.71. The monoisotopic (exact) mass is 125 g/mol. The van der Waals surface area contributed by atoms with Crippen molar-refractivity contribution < 1.29 is 0 Å². The Balaban J connectivity index is 2.24. The summed E-state index contributed by atoms with van der Waals surface area (Å²) in [6.07, 6.45) is 7.08. The lowest BCUT2D eigenvalue weighted by Crippen LogP contribution is -2.05. The standard InChI is InChI=1S/C8H15N/c1-7-2-3-8(6-7)4-5-9/h2-3,7-8H,4-6,9H2,1H3. The van der Waals surface area contributed by atoms with E-state index >= 15 is 0 Å². The third-order valence-electron chi connectivity index (χ3n) is 1.92. The van der Waals surface area contributed by atoms with Crippen molar-refractivity contribution >= 4 is 0 Å². The number of hydrogen-bond acceptors (Lipinski definition) is 1. The Hall–Kier alpha value is -0.300. The molecule has 0 aromatic rings. The molecule has 0 fully saturated rings. The third kappa shape index (κ3) is 1.83. The maximum absolute atomic E-state index is 5.42. The second kappa shape index (κ2) is 3.02. The van der Waals surface area contributed by atoms with Crippen molar-refractivity contribution in [2.45, 2.75) is 19.8 Å². The Bertz CT molecular complexity index is 107. The van der Waals surface area contributed by atoms with E-state index in [-0.39, 0.29) is 0 Å². The molecule has 0 aromatic carbocycles. The maximum atomic E-state index is 5.42. The second-order valence-corrected chi connectivity index (χ2v) is 2.94. The Labute approximate surface area is 56.9 Å². The molecule has 0 aliphatic heterocycles. The van der Waals surface area contributed by atoms with E-state index in [4.69, 9.17) is 5.73 Å². The third-order valence-corrected chi connectivity index (χ3v) is 1.92. The van der Waals surface area contributed by atoms with Gasteiger partial charge in [-0.15, -0.1) is 0 Å². The van der Waals surface area contributed by atoms with Crippen LogP contribution in [-0.2, 0) is 0 Å². The van der Waals surface area contributed by atoms with Gasteiger partial charge in [-0.05, 0) is 31.2 Å². The van der Waals surface area contributed by atoms with Gasteiger partial charge in [-0.1, -0.05) is 19.1 Å². The molecule has 2 unspecified atom stereocenters. The van der Waals surface area contributed by atoms with Gasteiger partial charge >= 0.3 is 0 Å². The molecule has 0 radical (unpaired) electrons. The molecule has 0 spiro atoms. The van der Waals surface area contributed by atoms with E-state index in [1.807, 2.05) is 0 Å². The summed E-state index contributed by atoms with van der Waals surface area (Å²) >= 11 is 0. The van der Waals surface area contributed by atoms with E-state index in [0.717, 1.165) is 18.4 Å². The fourth-order valence-corrected chi connectivity index (χ4v) is 1.41. The average molecular weight is 125 g/mol. The molecule has 0 amide bonds. The minimum absolute atomic E-state index is 0.782. The summed E-state index contributed by atoms with van der Waals surface area (Å²) in [6.45, 7) is 3.09. The molecule has 0 saturated carbocycles. The van der Waals surface area contributed by atoms with Gasteiger partial charge in [-0.25, -0.2) is 0 Å². The Kier molecular flexibility index (Phi) is 2.29. The molecule has 1 nitrogen and oxygen atoms in total. The summed E-state index contributed by atoms with van der Waals surface area (Å²) in [5, 5.41) is 0. The lowest BCUT2D eigenvalue weighted by molar-refractivity contribution is 0.524. The highest BCUT2D eigenvalue weighted by Gasteiger charge is 2.13. The molecule has 2 N–H and O–H groups in total. The zero-order valence-electron chi connectivity index (χ0n) is 6.01. The van der Waals surface area contributed by atoms with Crippen LogP contribution in [0.3, 0.4) is 0 Å². The van der Waals surface area contributed by atoms with Gasteiger partial charge in [0, 0.05) is 0 Å². The molecule has 52 valence electrons. The van der Waals surface area contributed by atoms with Crippen molar-refractivity contribution in [3.05, 3.63) is 12.2 Å². The second-order valence-electron chi connectivity index (χ2n) is 2.94. The molecule has 0 heterocycles. The quantitative estimate of drug-likeness (QED) is 0.557. The molecule has 9 heavy (non-hydrogen) atoms. The summed E-state index contributed by atoms with van der Waals surface area (Å²) in [4.78, 5) is 0. The normalized spacial score (nSPS) is 33.6. The van der Waals surface area contributed by atoms with E-state index in [9.17, 15) is 0 Å². The molecular weight excluding hydrogens is 110 g/mol. The summed E-state index contributed by atoms with van der Waals surface area (Å²) in [5.74, 6) is 1.58. The van der Waals surface area contributed by atoms with Crippen molar-refractivity contribution in [1.29, 1.82) is 0 Å². The van der Waals surface area contributed by atoms with Crippen LogP contribution >= 0.6 is 0 Å². The fourth-order valence-electron chi connectivity index (χ4n) is 1.41. The summed E-state index contributed by atoms with van der Waals surface area (Å²) < 4.78 is 0. The van der Waals surface area contributed by atoms with Crippen LogP contribution in [0.4, 0.5) is 0 Å². The van der Waals surface area contributed by atoms with E-state index in [1.165, 1.54) is 12.8 Å². The summed E-state index contributed by atoms with van der Waals surface area (Å²) in [7, 11) is 0. The van der Waals surface area contributed by atoms with Crippen LogP contribution in [0, 0.1) is 11.8 Å². The Morgan fingerprint density at radius 2 is 2.33 bits per heavy atom. The first-order chi connectivity index (χ1) is 4.33. The number of nitrogens with two attached hydrogens (primary N) is 1. The first-order valence-corrected chi connectivity index (χ1v) is 3.71. The summed E-state index contributed by atoms with van der Waals surface area (Å²) in [6, 6.07) is 0. The predicted octanol–water partition coefficient (Wildman–Crippen LogP) is 1.55. The van der Waals surface area contributed by atoms with Crippen LogP contribution in [0.1, 0.15) is 19.8 Å². The Morgan fingerprint density at radius 3 is 2.78 bits per heavy atom. The van der Waals surface area contributed by atoms with Crippen LogP contribution < -0.4 is 5.73 Å². The van der Waals surface area contributed by atoms with Gasteiger partial charge < -0.3 is 5.73 Å². The molecule has 0 aromatic heterocycles. The van der Waals surface area contributed by atoms with E-state index in [2.05, 4.69) is 19.1 Å². The van der Waals surface area contributed by atoms with Gasteiger partial charge in [0.05, 0.1) is 0 Å². The zero-order chi connectivity index (χ0) is 6.69. The lowest BCUT2D eigenvalue weighted by Gasteiger charge is -2.05. The Morgan fingerprint density at radius 1 is 1.56 bits per heavy atom. The van der Waals surface area contributed by atoms with Gasteiger partial charge in [0.15, 0.2) is 0 Å². The van der Waals surface area contributed by atoms with Gasteiger partial charge in [-0.2, -0.15) is 0 Å². The molecule has 1 heteroatoms. The van der Waals surface area contributed by atoms with Gasteiger partial charge in [0.2, 0.25) is 0 Å². The molecule has 0 saturated heterocycles. The van der Waals surface area contributed by atoms with Crippen molar-refractivity contribution in [2.24, 2.45) is 17.6 Å². The first kappa shape index (κ1) is 6.81. The highest BCUT2D eigenvalue weighted by molar-refractivity contribution is 5.00. The van der Waals surface area contributed by atoms with Gasteiger partial charge in [-0.3, -0.25) is 0 Å². The molecule has 1 rings (SSSR count). The van der Waals surface area contributed by atoms with Crippen LogP contribution in [-0.4, -0.2) is 6.54 Å². The fraction of sp³-hybridized carbons (Fsp3) is 0.750. The number of hydrogen-bond donors (Lipinski definition) is 1. The molecule has 2 atom stereocenters.